The fourth-order valence-corrected chi connectivity index (χ4v) is 2.14. The molecule has 0 bridgehead atoms. The second-order valence-corrected chi connectivity index (χ2v) is 4.60. The highest BCUT2D eigenvalue weighted by Gasteiger charge is 2.11. The number of amides is 1. The maximum absolute atomic E-state index is 12.2. The molecule has 1 N–H and O–H groups in total. The van der Waals surface area contributed by atoms with E-state index in [9.17, 15) is 4.79 Å². The normalized spacial score (nSPS) is 10.4. The Labute approximate surface area is 120 Å². The number of nitrogens with zero attached hydrogens (tertiary/aromatic N) is 2. The van der Waals surface area contributed by atoms with E-state index in [4.69, 9.17) is 11.6 Å². The zero-order valence-electron chi connectivity index (χ0n) is 10.4. The molecule has 0 fully saturated rings. The van der Waals surface area contributed by atoms with Gasteiger partial charge in [-0.2, -0.15) is 0 Å². The van der Waals surface area contributed by atoms with E-state index >= 15 is 0 Å². The number of benzene rings is 1. The summed E-state index contributed by atoms with van der Waals surface area (Å²) < 4.78 is 0. The largest absolute Gasteiger partial charge is 0.321 e. The molecule has 2 aromatic heterocycles. The number of carbonyl (C=O) groups excluding carboxylic acids is 1. The van der Waals surface area contributed by atoms with Crippen molar-refractivity contribution in [1.82, 2.24) is 9.97 Å². The van der Waals surface area contributed by atoms with Crippen LogP contribution < -0.4 is 5.32 Å². The van der Waals surface area contributed by atoms with Gasteiger partial charge in [-0.05, 0) is 24.3 Å². The predicted octanol–water partition coefficient (Wildman–Crippen LogP) is 3.54. The Bertz CT molecular complexity index is 774. The van der Waals surface area contributed by atoms with Gasteiger partial charge in [0.2, 0.25) is 0 Å². The van der Waals surface area contributed by atoms with Gasteiger partial charge in [0, 0.05) is 23.5 Å². The van der Waals surface area contributed by atoms with Crippen molar-refractivity contribution in [2.75, 3.05) is 5.32 Å². The Morgan fingerprint density at radius 2 is 1.85 bits per heavy atom. The van der Waals surface area contributed by atoms with Crippen LogP contribution in [-0.2, 0) is 0 Å². The minimum Gasteiger partial charge on any atom is -0.321 e. The van der Waals surface area contributed by atoms with Gasteiger partial charge in [0.1, 0.15) is 5.69 Å². The Morgan fingerprint density at radius 3 is 2.65 bits per heavy atom. The molecule has 2 heterocycles. The Morgan fingerprint density at radius 1 is 1.10 bits per heavy atom. The zero-order valence-corrected chi connectivity index (χ0v) is 11.1. The van der Waals surface area contributed by atoms with Crippen LogP contribution in [0.4, 0.5) is 5.69 Å². The third-order valence-electron chi connectivity index (χ3n) is 2.84. The van der Waals surface area contributed by atoms with E-state index in [2.05, 4.69) is 15.3 Å². The van der Waals surface area contributed by atoms with Gasteiger partial charge in [-0.25, -0.2) is 4.98 Å². The number of hydrogen-bond acceptors (Lipinski definition) is 3. The zero-order chi connectivity index (χ0) is 13.9. The number of para-hydroxylation sites is 1. The SMILES string of the molecule is O=C(Nc1ccncc1)c1cc(Cl)c2ccccc2n1. The highest BCUT2D eigenvalue weighted by atomic mass is 35.5. The van der Waals surface area contributed by atoms with Gasteiger partial charge in [0.15, 0.2) is 0 Å². The first-order chi connectivity index (χ1) is 9.74. The van der Waals surface area contributed by atoms with Crippen LogP contribution in [0.25, 0.3) is 10.9 Å². The van der Waals surface area contributed by atoms with E-state index in [1.807, 2.05) is 24.3 Å². The van der Waals surface area contributed by atoms with Crippen LogP contribution in [0.1, 0.15) is 10.5 Å². The number of aromatic nitrogens is 2. The third-order valence-corrected chi connectivity index (χ3v) is 3.15. The summed E-state index contributed by atoms with van der Waals surface area (Å²) in [6.07, 6.45) is 3.22. The average Bonchev–Trinajstić information content (AvgIpc) is 2.48. The molecule has 98 valence electrons. The van der Waals surface area contributed by atoms with Crippen LogP contribution in [0.5, 0.6) is 0 Å². The van der Waals surface area contributed by atoms with E-state index in [-0.39, 0.29) is 11.6 Å². The minimum atomic E-state index is -0.302. The number of fused-ring (bicyclic) bond motifs is 1. The molecule has 0 spiro atoms. The number of anilines is 1. The molecule has 20 heavy (non-hydrogen) atoms. The van der Waals surface area contributed by atoms with Crippen molar-refractivity contribution in [3.63, 3.8) is 0 Å². The molecule has 0 saturated heterocycles. The first-order valence-corrected chi connectivity index (χ1v) is 6.38. The highest BCUT2D eigenvalue weighted by molar-refractivity contribution is 6.35. The number of carbonyl (C=O) groups is 1. The lowest BCUT2D eigenvalue weighted by molar-refractivity contribution is 0.102. The Kier molecular flexibility index (Phi) is 3.31. The van der Waals surface area contributed by atoms with Crippen molar-refractivity contribution >= 4 is 34.1 Å². The van der Waals surface area contributed by atoms with Crippen molar-refractivity contribution in [3.05, 3.63) is 65.6 Å². The maximum Gasteiger partial charge on any atom is 0.274 e. The molecular formula is C15H10ClN3O. The topological polar surface area (TPSA) is 54.9 Å². The summed E-state index contributed by atoms with van der Waals surface area (Å²) >= 11 is 6.18. The van der Waals surface area contributed by atoms with E-state index in [0.717, 1.165) is 5.39 Å². The second-order valence-electron chi connectivity index (χ2n) is 4.20. The summed E-state index contributed by atoms with van der Waals surface area (Å²) in [6.45, 7) is 0. The number of rotatable bonds is 2. The third kappa shape index (κ3) is 2.46. The number of nitrogens with one attached hydrogen (secondary N) is 1. The predicted molar refractivity (Wildman–Crippen MR) is 78.9 cm³/mol. The highest BCUT2D eigenvalue weighted by Crippen LogP contribution is 2.23. The van der Waals surface area contributed by atoms with Gasteiger partial charge in [0.05, 0.1) is 10.5 Å². The van der Waals surface area contributed by atoms with Crippen LogP contribution in [-0.4, -0.2) is 15.9 Å². The molecule has 1 amide bonds. The summed E-state index contributed by atoms with van der Waals surface area (Å²) in [5, 5.41) is 4.09. The smallest absolute Gasteiger partial charge is 0.274 e. The van der Waals surface area contributed by atoms with E-state index in [0.29, 0.717) is 16.2 Å². The lowest BCUT2D eigenvalue weighted by Gasteiger charge is -2.06. The van der Waals surface area contributed by atoms with Crippen LogP contribution in [0, 0.1) is 0 Å². The summed E-state index contributed by atoms with van der Waals surface area (Å²) in [7, 11) is 0. The van der Waals surface area contributed by atoms with E-state index in [1.54, 1.807) is 30.6 Å². The summed E-state index contributed by atoms with van der Waals surface area (Å²) in [4.78, 5) is 20.4. The Balaban J connectivity index is 1.96. The fourth-order valence-electron chi connectivity index (χ4n) is 1.88. The van der Waals surface area contributed by atoms with Crippen molar-refractivity contribution in [2.45, 2.75) is 0 Å². The lowest BCUT2D eigenvalue weighted by Crippen LogP contribution is -2.13. The molecule has 0 radical (unpaired) electrons. The molecule has 0 saturated carbocycles. The van der Waals surface area contributed by atoms with Gasteiger partial charge < -0.3 is 5.32 Å². The number of pyridine rings is 2. The molecule has 3 rings (SSSR count). The molecule has 0 aliphatic carbocycles. The quantitative estimate of drug-likeness (QED) is 0.783. The van der Waals surface area contributed by atoms with Crippen molar-refractivity contribution in [1.29, 1.82) is 0 Å². The first-order valence-electron chi connectivity index (χ1n) is 6.01. The molecule has 0 unspecified atom stereocenters. The van der Waals surface area contributed by atoms with Crippen LogP contribution in [0.2, 0.25) is 5.02 Å². The summed E-state index contributed by atoms with van der Waals surface area (Å²) in [6, 6.07) is 12.4. The molecule has 4 nitrogen and oxygen atoms in total. The summed E-state index contributed by atoms with van der Waals surface area (Å²) in [5.74, 6) is -0.302. The molecule has 1 aromatic carbocycles. The van der Waals surface area contributed by atoms with Crippen LogP contribution >= 0.6 is 11.6 Å². The van der Waals surface area contributed by atoms with Gasteiger partial charge in [0.25, 0.3) is 5.91 Å². The van der Waals surface area contributed by atoms with Gasteiger partial charge >= 0.3 is 0 Å². The van der Waals surface area contributed by atoms with Crippen molar-refractivity contribution in [2.24, 2.45) is 0 Å². The molecule has 0 aliphatic heterocycles. The van der Waals surface area contributed by atoms with Gasteiger partial charge in [-0.1, -0.05) is 29.8 Å². The van der Waals surface area contributed by atoms with E-state index < -0.39 is 0 Å². The summed E-state index contributed by atoms with van der Waals surface area (Å²) in [5.41, 5.74) is 1.64. The Hall–Kier alpha value is -2.46. The van der Waals surface area contributed by atoms with E-state index in [1.165, 1.54) is 0 Å². The molecular weight excluding hydrogens is 274 g/mol. The monoisotopic (exact) mass is 283 g/mol. The van der Waals surface area contributed by atoms with Crippen LogP contribution in [0.15, 0.2) is 54.9 Å². The average molecular weight is 284 g/mol. The first kappa shape index (κ1) is 12.6. The fraction of sp³-hybridized carbons (Fsp3) is 0. The number of hydrogen-bond donors (Lipinski definition) is 1. The maximum atomic E-state index is 12.2. The number of halogens is 1. The molecule has 5 heteroatoms. The molecule has 0 aliphatic rings. The van der Waals surface area contributed by atoms with Gasteiger partial charge in [-0.15, -0.1) is 0 Å². The van der Waals surface area contributed by atoms with Crippen molar-refractivity contribution in [3.8, 4) is 0 Å². The molecule has 0 atom stereocenters. The van der Waals surface area contributed by atoms with Gasteiger partial charge in [-0.3, -0.25) is 9.78 Å². The lowest BCUT2D eigenvalue weighted by atomic mass is 10.2. The van der Waals surface area contributed by atoms with Crippen molar-refractivity contribution < 1.29 is 4.79 Å². The molecule has 3 aromatic rings. The second kappa shape index (κ2) is 5.27. The van der Waals surface area contributed by atoms with Crippen LogP contribution in [0.3, 0.4) is 0 Å². The minimum absolute atomic E-state index is 0.283. The standard InChI is InChI=1S/C15H10ClN3O/c16-12-9-14(19-13-4-2-1-3-11(12)13)15(20)18-10-5-7-17-8-6-10/h1-9H,(H,17,18,20).